The van der Waals surface area contributed by atoms with Crippen LogP contribution in [0.3, 0.4) is 0 Å². The number of carbonyl (C=O) groups excluding carboxylic acids is 1. The van der Waals surface area contributed by atoms with Gasteiger partial charge in [0, 0.05) is 7.11 Å². The first-order valence-electron chi connectivity index (χ1n) is 2.74. The SMILES string of the molecule is COC(F)(F)C(F)(F)C(=O)CO. The lowest BCUT2D eigenvalue weighted by Gasteiger charge is -2.22. The van der Waals surface area contributed by atoms with Crippen molar-refractivity contribution in [3.05, 3.63) is 0 Å². The maximum atomic E-state index is 12.2. The predicted molar refractivity (Wildman–Crippen MR) is 29.0 cm³/mol. The van der Waals surface area contributed by atoms with Crippen molar-refractivity contribution in [1.82, 2.24) is 0 Å². The van der Waals surface area contributed by atoms with Gasteiger partial charge in [0.05, 0.1) is 0 Å². The molecule has 0 unspecified atom stereocenters. The van der Waals surface area contributed by atoms with Gasteiger partial charge < -0.3 is 9.84 Å². The zero-order valence-corrected chi connectivity index (χ0v) is 5.98. The molecular formula is C5H6F4O3. The molecule has 0 spiro atoms. The molecule has 0 aliphatic heterocycles. The lowest BCUT2D eigenvalue weighted by molar-refractivity contribution is -0.323. The molecule has 0 aliphatic rings. The summed E-state index contributed by atoms with van der Waals surface area (Å²) < 4.78 is 51.7. The van der Waals surface area contributed by atoms with Crippen molar-refractivity contribution in [2.75, 3.05) is 13.7 Å². The molecule has 0 amide bonds. The Hall–Kier alpha value is -0.690. The fraction of sp³-hybridized carbons (Fsp3) is 0.800. The second-order valence-corrected chi connectivity index (χ2v) is 1.88. The first kappa shape index (κ1) is 11.3. The van der Waals surface area contributed by atoms with Crippen LogP contribution in [0.2, 0.25) is 0 Å². The number of hydrogen-bond acceptors (Lipinski definition) is 3. The fourth-order valence-corrected chi connectivity index (χ4v) is 0.390. The lowest BCUT2D eigenvalue weighted by atomic mass is 10.2. The summed E-state index contributed by atoms with van der Waals surface area (Å²) in [6, 6.07) is 0. The van der Waals surface area contributed by atoms with E-state index in [-0.39, 0.29) is 0 Å². The quantitative estimate of drug-likeness (QED) is 0.653. The molecular weight excluding hydrogens is 184 g/mol. The van der Waals surface area contributed by atoms with Gasteiger partial charge in [0.2, 0.25) is 5.78 Å². The number of halogens is 4. The van der Waals surface area contributed by atoms with Crippen LogP contribution in [0.1, 0.15) is 0 Å². The van der Waals surface area contributed by atoms with Gasteiger partial charge in [-0.15, -0.1) is 0 Å². The van der Waals surface area contributed by atoms with Crippen molar-refractivity contribution in [3.8, 4) is 0 Å². The Morgan fingerprint density at radius 2 is 1.83 bits per heavy atom. The number of carbonyl (C=O) groups is 1. The van der Waals surface area contributed by atoms with E-state index in [2.05, 4.69) is 4.74 Å². The van der Waals surface area contributed by atoms with Crippen molar-refractivity contribution in [2.45, 2.75) is 12.0 Å². The minimum Gasteiger partial charge on any atom is -0.388 e. The van der Waals surface area contributed by atoms with Gasteiger partial charge in [0.25, 0.3) is 0 Å². The summed E-state index contributed by atoms with van der Waals surface area (Å²) in [6.07, 6.45) is -4.88. The van der Waals surface area contributed by atoms with Crippen LogP contribution in [-0.4, -0.2) is 36.6 Å². The number of ether oxygens (including phenoxy) is 1. The molecule has 0 radical (unpaired) electrons. The van der Waals surface area contributed by atoms with E-state index in [4.69, 9.17) is 5.11 Å². The van der Waals surface area contributed by atoms with Crippen LogP contribution in [0.5, 0.6) is 0 Å². The molecule has 0 aliphatic carbocycles. The van der Waals surface area contributed by atoms with Crippen LogP contribution < -0.4 is 0 Å². The molecule has 1 N–H and O–H groups in total. The molecule has 0 fully saturated rings. The highest BCUT2D eigenvalue weighted by atomic mass is 19.3. The van der Waals surface area contributed by atoms with Crippen LogP contribution in [0, 0.1) is 0 Å². The Kier molecular flexibility index (Phi) is 3.17. The van der Waals surface area contributed by atoms with Gasteiger partial charge in [-0.05, 0) is 0 Å². The number of ketones is 1. The molecule has 0 saturated heterocycles. The largest absolute Gasteiger partial charge is 0.426 e. The molecule has 12 heavy (non-hydrogen) atoms. The molecule has 0 aromatic carbocycles. The monoisotopic (exact) mass is 190 g/mol. The normalized spacial score (nSPS) is 13.2. The Morgan fingerprint density at radius 3 is 2.08 bits per heavy atom. The Labute approximate surface area is 64.9 Å². The summed E-state index contributed by atoms with van der Waals surface area (Å²) in [7, 11) is 0.332. The van der Waals surface area contributed by atoms with Crippen LogP contribution in [-0.2, 0) is 9.53 Å². The molecule has 0 heterocycles. The molecule has 0 bridgehead atoms. The lowest BCUT2D eigenvalue weighted by Crippen LogP contribution is -2.49. The number of aliphatic hydroxyl groups is 1. The minimum atomic E-state index is -4.99. The van der Waals surface area contributed by atoms with E-state index < -0.39 is 24.4 Å². The summed E-state index contributed by atoms with van der Waals surface area (Å²) in [5.41, 5.74) is 0. The highest BCUT2D eigenvalue weighted by Crippen LogP contribution is 2.35. The van der Waals surface area contributed by atoms with E-state index in [0.717, 1.165) is 0 Å². The molecule has 0 aromatic heterocycles. The topological polar surface area (TPSA) is 46.5 Å². The fourth-order valence-electron chi connectivity index (χ4n) is 0.390. The molecule has 0 saturated carbocycles. The zero-order valence-electron chi connectivity index (χ0n) is 5.98. The second kappa shape index (κ2) is 3.36. The number of Topliss-reactive ketones (excluding diaryl/α,β-unsaturated/α-hetero) is 1. The Bertz CT molecular complexity index is 180. The summed E-state index contributed by atoms with van der Waals surface area (Å²) >= 11 is 0. The highest BCUT2D eigenvalue weighted by molar-refractivity contribution is 5.87. The number of methoxy groups -OCH3 is 1. The predicted octanol–water partition coefficient (Wildman–Crippen LogP) is 0.422. The number of alkyl halides is 4. The molecule has 0 aromatic rings. The average Bonchev–Trinajstić information content (AvgIpc) is 2.02. The molecule has 0 rings (SSSR count). The maximum absolute atomic E-state index is 12.2. The first-order valence-corrected chi connectivity index (χ1v) is 2.74. The molecule has 0 atom stereocenters. The second-order valence-electron chi connectivity index (χ2n) is 1.88. The third-order valence-corrected chi connectivity index (χ3v) is 1.12. The van der Waals surface area contributed by atoms with E-state index in [1.165, 1.54) is 0 Å². The number of aliphatic hydroxyl groups excluding tert-OH is 1. The average molecular weight is 190 g/mol. The van der Waals surface area contributed by atoms with Gasteiger partial charge in [-0.2, -0.15) is 17.6 Å². The van der Waals surface area contributed by atoms with Gasteiger partial charge in [-0.3, -0.25) is 4.79 Å². The van der Waals surface area contributed by atoms with E-state index in [0.29, 0.717) is 7.11 Å². The van der Waals surface area contributed by atoms with Gasteiger partial charge >= 0.3 is 12.0 Å². The molecule has 72 valence electrons. The van der Waals surface area contributed by atoms with Crippen LogP contribution in [0.25, 0.3) is 0 Å². The summed E-state index contributed by atoms with van der Waals surface area (Å²) in [4.78, 5) is 10.1. The van der Waals surface area contributed by atoms with Crippen molar-refractivity contribution in [2.24, 2.45) is 0 Å². The van der Waals surface area contributed by atoms with Gasteiger partial charge in [0.15, 0.2) is 0 Å². The maximum Gasteiger partial charge on any atom is 0.426 e. The summed E-state index contributed by atoms with van der Waals surface area (Å²) in [5, 5.41) is 7.91. The third kappa shape index (κ3) is 1.72. The van der Waals surface area contributed by atoms with Crippen LogP contribution in [0.4, 0.5) is 17.6 Å². The van der Waals surface area contributed by atoms with Crippen molar-refractivity contribution in [1.29, 1.82) is 0 Å². The standard InChI is InChI=1S/C5H6F4O3/c1-12-5(8,9)4(6,7)3(11)2-10/h10H,2H2,1H3. The van der Waals surface area contributed by atoms with Crippen molar-refractivity contribution >= 4 is 5.78 Å². The number of hydrogen-bond donors (Lipinski definition) is 1. The Balaban J connectivity index is 4.71. The minimum absolute atomic E-state index is 0.332. The summed E-state index contributed by atoms with van der Waals surface area (Å²) in [6.45, 7) is -1.66. The highest BCUT2D eigenvalue weighted by Gasteiger charge is 2.62. The smallest absolute Gasteiger partial charge is 0.388 e. The van der Waals surface area contributed by atoms with E-state index in [1.54, 1.807) is 0 Å². The molecule has 7 heteroatoms. The van der Waals surface area contributed by atoms with Gasteiger partial charge in [0.1, 0.15) is 6.61 Å². The first-order chi connectivity index (χ1) is 5.29. The van der Waals surface area contributed by atoms with E-state index in [1.807, 2.05) is 0 Å². The van der Waals surface area contributed by atoms with E-state index >= 15 is 0 Å². The van der Waals surface area contributed by atoms with Gasteiger partial charge in [-0.25, -0.2) is 0 Å². The van der Waals surface area contributed by atoms with Gasteiger partial charge in [-0.1, -0.05) is 0 Å². The molecule has 3 nitrogen and oxygen atoms in total. The zero-order chi connectivity index (χ0) is 9.99. The van der Waals surface area contributed by atoms with Crippen LogP contribution in [0.15, 0.2) is 0 Å². The van der Waals surface area contributed by atoms with E-state index in [9.17, 15) is 22.4 Å². The van der Waals surface area contributed by atoms with Crippen LogP contribution >= 0.6 is 0 Å². The third-order valence-electron chi connectivity index (χ3n) is 1.12. The summed E-state index contributed by atoms with van der Waals surface area (Å²) in [5.74, 6) is -7.27. The van der Waals surface area contributed by atoms with Crippen molar-refractivity contribution in [3.63, 3.8) is 0 Å². The Morgan fingerprint density at radius 1 is 1.42 bits per heavy atom. The number of rotatable bonds is 4. The van der Waals surface area contributed by atoms with Crippen molar-refractivity contribution < 1.29 is 32.2 Å².